The molecule has 0 saturated heterocycles. The van der Waals surface area contributed by atoms with Crippen LogP contribution in [-0.4, -0.2) is 61.4 Å². The van der Waals surface area contributed by atoms with Crippen LogP contribution >= 0.6 is 0 Å². The van der Waals surface area contributed by atoms with E-state index in [-0.39, 0.29) is 11.9 Å². The molecule has 6 nitrogen and oxygen atoms in total. The van der Waals surface area contributed by atoms with Crippen LogP contribution in [-0.2, 0) is 19.1 Å². The van der Waals surface area contributed by atoms with Gasteiger partial charge in [-0.05, 0) is 82.8 Å². The molecule has 0 fully saturated rings. The fourth-order valence-electron chi connectivity index (χ4n) is 7.59. The Morgan fingerprint density at radius 1 is 0.444 bits per heavy atom. The Balaban J connectivity index is -0.000000245. The summed E-state index contributed by atoms with van der Waals surface area (Å²) in [7, 11) is 0. The van der Waals surface area contributed by atoms with E-state index in [2.05, 4.69) is 52.4 Å². The van der Waals surface area contributed by atoms with Crippen molar-refractivity contribution in [2.75, 3.05) is 39.5 Å². The number of rotatable bonds is 42. The zero-order valence-corrected chi connectivity index (χ0v) is 45.4. The van der Waals surface area contributed by atoms with E-state index < -0.39 is 0 Å². The average Bonchev–Trinajstić information content (AvgIpc) is 3.31. The average molecular weight is 899 g/mol. The van der Waals surface area contributed by atoms with E-state index in [1.54, 1.807) is 0 Å². The SMILES string of the molecule is C#C.CC.CC.CC.CCCCCCCCC(CCCCCC)COC(C)=O.CCCCCCCCCC(CCCCCC)CCOC(=O)CCCCCN(CCC)CCCCO. The van der Waals surface area contributed by atoms with Crippen LogP contribution in [0.1, 0.15) is 295 Å². The highest BCUT2D eigenvalue weighted by Gasteiger charge is 2.12. The van der Waals surface area contributed by atoms with Gasteiger partial charge in [0.05, 0.1) is 13.2 Å². The van der Waals surface area contributed by atoms with Crippen LogP contribution in [0.25, 0.3) is 0 Å². The van der Waals surface area contributed by atoms with Crippen LogP contribution in [0, 0.1) is 24.7 Å². The molecule has 63 heavy (non-hydrogen) atoms. The zero-order chi connectivity index (χ0) is 48.9. The smallest absolute Gasteiger partial charge is 0.305 e. The Morgan fingerprint density at radius 2 is 0.810 bits per heavy atom. The number of aliphatic hydroxyl groups excluding tert-OH is 1. The highest BCUT2D eigenvalue weighted by molar-refractivity contribution is 5.69. The summed E-state index contributed by atoms with van der Waals surface area (Å²) in [6, 6.07) is 0. The first kappa shape index (κ1) is 73.0. The van der Waals surface area contributed by atoms with Gasteiger partial charge in [-0.15, -0.1) is 12.8 Å². The molecule has 1 N–H and O–H groups in total. The van der Waals surface area contributed by atoms with Gasteiger partial charge in [0.15, 0.2) is 0 Å². The fourth-order valence-corrected chi connectivity index (χ4v) is 7.59. The number of terminal acetylenes is 1. The number of nitrogens with zero attached hydrogens (tertiary/aromatic N) is 1. The first-order valence-corrected chi connectivity index (χ1v) is 27.8. The number of hydrogen-bond acceptors (Lipinski definition) is 6. The minimum Gasteiger partial charge on any atom is -0.466 e. The van der Waals surface area contributed by atoms with Crippen molar-refractivity contribution < 1.29 is 24.2 Å². The van der Waals surface area contributed by atoms with E-state index >= 15 is 0 Å². The van der Waals surface area contributed by atoms with Crippen LogP contribution in [0.4, 0.5) is 0 Å². The number of aliphatic hydroxyl groups is 1. The molecular weight excluding hydrogens is 779 g/mol. The molecule has 2 unspecified atom stereocenters. The van der Waals surface area contributed by atoms with E-state index in [1.807, 2.05) is 41.5 Å². The van der Waals surface area contributed by atoms with Gasteiger partial charge in [0.2, 0.25) is 0 Å². The Kier molecular flexibility index (Phi) is 83.5. The third kappa shape index (κ3) is 69.6. The maximum absolute atomic E-state index is 12.2. The topological polar surface area (TPSA) is 76.1 Å². The molecule has 382 valence electrons. The number of carbonyl (C=O) groups excluding carboxylic acids is 2. The lowest BCUT2D eigenvalue weighted by atomic mass is 9.92. The third-order valence-electron chi connectivity index (χ3n) is 11.2. The second kappa shape index (κ2) is 72.0. The van der Waals surface area contributed by atoms with Crippen LogP contribution in [0.5, 0.6) is 0 Å². The molecule has 0 aliphatic carbocycles. The van der Waals surface area contributed by atoms with Gasteiger partial charge in [0.25, 0.3) is 0 Å². The second-order valence-electron chi connectivity index (χ2n) is 16.8. The van der Waals surface area contributed by atoms with Crippen molar-refractivity contribution >= 4 is 11.9 Å². The zero-order valence-electron chi connectivity index (χ0n) is 45.4. The van der Waals surface area contributed by atoms with Crippen molar-refractivity contribution in [3.05, 3.63) is 0 Å². The fraction of sp³-hybridized carbons (Fsp3) is 0.930. The molecule has 0 aromatic heterocycles. The summed E-state index contributed by atoms with van der Waals surface area (Å²) in [5.41, 5.74) is 0. The maximum Gasteiger partial charge on any atom is 0.305 e. The number of ether oxygens (including phenoxy) is 2. The summed E-state index contributed by atoms with van der Waals surface area (Å²) >= 11 is 0. The summed E-state index contributed by atoms with van der Waals surface area (Å²) in [5.74, 6) is 1.18. The molecule has 0 saturated carbocycles. The molecule has 2 atom stereocenters. The molecule has 0 rings (SSSR count). The van der Waals surface area contributed by atoms with E-state index in [1.165, 1.54) is 174 Å². The number of esters is 2. The molecule has 0 heterocycles. The first-order chi connectivity index (χ1) is 30.9. The van der Waals surface area contributed by atoms with Gasteiger partial charge in [0.1, 0.15) is 0 Å². The van der Waals surface area contributed by atoms with Gasteiger partial charge in [-0.3, -0.25) is 9.59 Å². The van der Waals surface area contributed by atoms with Gasteiger partial charge in [-0.1, -0.05) is 230 Å². The van der Waals surface area contributed by atoms with Gasteiger partial charge >= 0.3 is 11.9 Å². The van der Waals surface area contributed by atoms with Gasteiger partial charge in [0, 0.05) is 20.0 Å². The molecule has 6 heteroatoms. The monoisotopic (exact) mass is 898 g/mol. The predicted octanol–water partition coefficient (Wildman–Crippen LogP) is 17.9. The second-order valence-corrected chi connectivity index (χ2v) is 16.8. The number of unbranched alkanes of at least 4 members (excludes halogenated alkanes) is 20. The summed E-state index contributed by atoms with van der Waals surface area (Å²) in [6.45, 7) is 29.6. The molecule has 0 radical (unpaired) electrons. The van der Waals surface area contributed by atoms with Crippen LogP contribution < -0.4 is 0 Å². The van der Waals surface area contributed by atoms with E-state index in [4.69, 9.17) is 14.6 Å². The molecule has 0 bridgehead atoms. The normalized spacial score (nSPS) is 11.1. The van der Waals surface area contributed by atoms with Crippen molar-refractivity contribution in [3.8, 4) is 12.8 Å². The van der Waals surface area contributed by atoms with Gasteiger partial charge < -0.3 is 19.5 Å². The largest absolute Gasteiger partial charge is 0.466 e. The first-order valence-electron chi connectivity index (χ1n) is 27.8. The van der Waals surface area contributed by atoms with Crippen molar-refractivity contribution in [3.63, 3.8) is 0 Å². The van der Waals surface area contributed by atoms with Crippen LogP contribution in [0.2, 0.25) is 0 Å². The summed E-state index contributed by atoms with van der Waals surface area (Å²) < 4.78 is 10.8. The highest BCUT2D eigenvalue weighted by atomic mass is 16.5. The van der Waals surface area contributed by atoms with Crippen molar-refractivity contribution in [1.82, 2.24) is 4.90 Å². The Bertz CT molecular complexity index is 803. The van der Waals surface area contributed by atoms with Crippen molar-refractivity contribution in [2.45, 2.75) is 295 Å². The lowest BCUT2D eigenvalue weighted by Gasteiger charge is -2.21. The molecule has 0 aromatic carbocycles. The molecule has 0 aliphatic heterocycles. The molecule has 0 aliphatic rings. The van der Waals surface area contributed by atoms with E-state index in [0.29, 0.717) is 32.2 Å². The quantitative estimate of drug-likeness (QED) is 0.0374. The van der Waals surface area contributed by atoms with Crippen molar-refractivity contribution in [2.24, 2.45) is 11.8 Å². The lowest BCUT2D eigenvalue weighted by molar-refractivity contribution is -0.144. The van der Waals surface area contributed by atoms with E-state index in [9.17, 15) is 9.59 Å². The number of carbonyl (C=O) groups is 2. The predicted molar refractivity (Wildman–Crippen MR) is 283 cm³/mol. The summed E-state index contributed by atoms with van der Waals surface area (Å²) in [6.07, 6.45) is 49.2. The van der Waals surface area contributed by atoms with Gasteiger partial charge in [-0.25, -0.2) is 0 Å². The van der Waals surface area contributed by atoms with Gasteiger partial charge in [-0.2, -0.15) is 0 Å². The summed E-state index contributed by atoms with van der Waals surface area (Å²) in [4.78, 5) is 25.7. The molecule has 0 amide bonds. The van der Waals surface area contributed by atoms with Crippen LogP contribution in [0.15, 0.2) is 0 Å². The minimum atomic E-state index is -0.133. The van der Waals surface area contributed by atoms with Crippen LogP contribution in [0.3, 0.4) is 0 Å². The Hall–Kier alpha value is -1.58. The lowest BCUT2D eigenvalue weighted by Crippen LogP contribution is -2.27. The molecule has 0 spiro atoms. The van der Waals surface area contributed by atoms with Crippen molar-refractivity contribution in [1.29, 1.82) is 0 Å². The third-order valence-corrected chi connectivity index (χ3v) is 11.2. The minimum absolute atomic E-state index is 0.000910. The Morgan fingerprint density at radius 3 is 1.21 bits per heavy atom. The molecule has 0 aromatic rings. The maximum atomic E-state index is 12.2. The standard InChI is InChI=1S/C31H63NO3.C18H36O2.3C2H6.C2H2/c1-4-7-9-11-12-13-16-22-30(21-15-10-8-5-2)24-29-35-31(34)23-17-14-18-26-32(25-6-3)27-19-20-28-33;1-4-6-8-10-11-13-15-18(16-20-17(3)19)14-12-9-7-5-2;4*1-2/h30,33H,4-29H2,1-3H3;18H,4-16H2,1-3H3;3*1-2H3;1-2H. The highest BCUT2D eigenvalue weighted by Crippen LogP contribution is 2.23. The summed E-state index contributed by atoms with van der Waals surface area (Å²) in [5, 5.41) is 8.98. The van der Waals surface area contributed by atoms with E-state index in [0.717, 1.165) is 64.1 Å². The molecular formula is C57H119NO5. The number of hydrogen-bond donors (Lipinski definition) is 1. The Labute approximate surface area is 398 Å².